The van der Waals surface area contributed by atoms with Crippen molar-refractivity contribution >= 4 is 29.4 Å². The predicted molar refractivity (Wildman–Crippen MR) is 162 cm³/mol. The van der Waals surface area contributed by atoms with Crippen molar-refractivity contribution in [1.29, 1.82) is 0 Å². The number of anilines is 2. The number of likely N-dealkylation sites (tertiary alicyclic amines) is 1. The Hall–Kier alpha value is -4.92. The van der Waals surface area contributed by atoms with Crippen molar-refractivity contribution in [2.75, 3.05) is 23.7 Å². The van der Waals surface area contributed by atoms with Gasteiger partial charge in [-0.25, -0.2) is 9.97 Å². The van der Waals surface area contributed by atoms with Crippen LogP contribution in [0.3, 0.4) is 0 Å². The maximum atomic E-state index is 13.4. The fraction of sp³-hybridized carbons (Fsp3) is 0.273. The molecule has 1 fully saturated rings. The number of piperidine rings is 1. The molecule has 214 valence electrons. The van der Waals surface area contributed by atoms with E-state index in [1.807, 2.05) is 68.1 Å². The van der Waals surface area contributed by atoms with Crippen molar-refractivity contribution in [3.05, 3.63) is 112 Å². The van der Waals surface area contributed by atoms with E-state index in [1.54, 1.807) is 30.6 Å². The second kappa shape index (κ2) is 12.7. The Morgan fingerprint density at radius 3 is 2.19 bits per heavy atom. The monoisotopic (exact) mass is 562 g/mol. The topological polar surface area (TPSA) is 117 Å². The van der Waals surface area contributed by atoms with Crippen LogP contribution >= 0.6 is 0 Å². The maximum Gasteiger partial charge on any atom is 0.258 e. The molecule has 4 aromatic rings. The van der Waals surface area contributed by atoms with Crippen molar-refractivity contribution in [3.8, 4) is 0 Å². The Labute approximate surface area is 245 Å². The van der Waals surface area contributed by atoms with Crippen LogP contribution in [0.2, 0.25) is 0 Å². The summed E-state index contributed by atoms with van der Waals surface area (Å²) < 4.78 is 0. The van der Waals surface area contributed by atoms with E-state index < -0.39 is 0 Å². The molecule has 2 aromatic carbocycles. The van der Waals surface area contributed by atoms with Gasteiger partial charge < -0.3 is 10.2 Å². The molecule has 5 rings (SSSR count). The van der Waals surface area contributed by atoms with Crippen LogP contribution in [0.5, 0.6) is 0 Å². The summed E-state index contributed by atoms with van der Waals surface area (Å²) in [6.07, 6.45) is 5.64. The van der Waals surface area contributed by atoms with E-state index in [1.165, 1.54) is 0 Å². The van der Waals surface area contributed by atoms with Gasteiger partial charge in [-0.05, 0) is 92.6 Å². The first-order valence-corrected chi connectivity index (χ1v) is 14.2. The Morgan fingerprint density at radius 1 is 0.833 bits per heavy atom. The minimum absolute atomic E-state index is 0.0525. The first-order valence-electron chi connectivity index (χ1n) is 14.2. The highest BCUT2D eigenvalue weighted by Gasteiger charge is 2.25. The number of nitrogens with one attached hydrogen (secondary N) is 2. The number of amides is 3. The number of benzene rings is 2. The second-order valence-electron chi connectivity index (χ2n) is 10.5. The molecule has 3 heterocycles. The highest BCUT2D eigenvalue weighted by molar-refractivity contribution is 6.05. The summed E-state index contributed by atoms with van der Waals surface area (Å²) in [5.41, 5.74) is 5.88. The van der Waals surface area contributed by atoms with Crippen molar-refractivity contribution < 1.29 is 14.4 Å². The lowest BCUT2D eigenvalue weighted by atomic mass is 9.88. The summed E-state index contributed by atoms with van der Waals surface area (Å²) in [5, 5.41) is 5.66. The molecule has 2 N–H and O–H groups in total. The number of aryl methyl sites for hydroxylation is 3. The van der Waals surface area contributed by atoms with E-state index in [0.717, 1.165) is 41.8 Å². The van der Waals surface area contributed by atoms with Crippen molar-refractivity contribution in [3.63, 3.8) is 0 Å². The van der Waals surface area contributed by atoms with Crippen LogP contribution in [0, 0.1) is 13.8 Å². The molecular weight excluding hydrogens is 528 g/mol. The van der Waals surface area contributed by atoms with E-state index in [0.29, 0.717) is 41.4 Å². The fourth-order valence-electron chi connectivity index (χ4n) is 5.04. The summed E-state index contributed by atoms with van der Waals surface area (Å²) in [7, 11) is 0. The third-order valence-corrected chi connectivity index (χ3v) is 7.63. The zero-order chi connectivity index (χ0) is 29.6. The lowest BCUT2D eigenvalue weighted by Crippen LogP contribution is -2.38. The Bertz CT molecular complexity index is 1590. The number of pyridine rings is 1. The largest absolute Gasteiger partial charge is 0.339 e. The number of nitrogens with zero attached hydrogens (tertiary/aromatic N) is 4. The lowest BCUT2D eigenvalue weighted by Gasteiger charge is -2.32. The number of aromatic nitrogens is 3. The molecule has 0 saturated carbocycles. The molecule has 0 spiro atoms. The summed E-state index contributed by atoms with van der Waals surface area (Å²) in [6, 6.07) is 18.4. The van der Waals surface area contributed by atoms with Gasteiger partial charge in [0, 0.05) is 53.7 Å². The zero-order valence-corrected chi connectivity index (χ0v) is 24.1. The molecule has 0 unspecified atom stereocenters. The van der Waals surface area contributed by atoms with Gasteiger partial charge in [0.25, 0.3) is 17.7 Å². The van der Waals surface area contributed by atoms with Crippen LogP contribution in [0.4, 0.5) is 11.6 Å². The molecule has 2 aromatic heterocycles. The molecule has 0 bridgehead atoms. The first-order chi connectivity index (χ1) is 20.3. The van der Waals surface area contributed by atoms with Crippen LogP contribution in [-0.4, -0.2) is 50.7 Å². The molecule has 1 aliphatic heterocycles. The zero-order valence-electron chi connectivity index (χ0n) is 24.1. The minimum Gasteiger partial charge on any atom is -0.339 e. The van der Waals surface area contributed by atoms with E-state index in [2.05, 4.69) is 25.6 Å². The molecule has 9 heteroatoms. The first kappa shape index (κ1) is 28.6. The number of carbonyl (C=O) groups excluding carboxylic acids is 3. The van der Waals surface area contributed by atoms with Crippen LogP contribution in [0.15, 0.2) is 73.1 Å². The van der Waals surface area contributed by atoms with Gasteiger partial charge in [-0.15, -0.1) is 0 Å². The number of hydrogen-bond donors (Lipinski definition) is 2. The van der Waals surface area contributed by atoms with Gasteiger partial charge in [0.05, 0.1) is 5.56 Å². The highest BCUT2D eigenvalue weighted by atomic mass is 16.2. The quantitative estimate of drug-likeness (QED) is 0.304. The highest BCUT2D eigenvalue weighted by Crippen LogP contribution is 2.29. The van der Waals surface area contributed by atoms with E-state index in [-0.39, 0.29) is 23.7 Å². The van der Waals surface area contributed by atoms with Gasteiger partial charge in [0.1, 0.15) is 0 Å². The van der Waals surface area contributed by atoms with E-state index in [4.69, 9.17) is 0 Å². The molecule has 0 radical (unpaired) electrons. The number of hydrogen-bond acceptors (Lipinski definition) is 6. The van der Waals surface area contributed by atoms with Gasteiger partial charge in [0.15, 0.2) is 0 Å². The summed E-state index contributed by atoms with van der Waals surface area (Å²) in [5.74, 6) is 0.0105. The van der Waals surface area contributed by atoms with Crippen LogP contribution in [0.25, 0.3) is 0 Å². The molecular formula is C33H34N6O3. The van der Waals surface area contributed by atoms with Crippen LogP contribution < -0.4 is 10.6 Å². The van der Waals surface area contributed by atoms with Gasteiger partial charge in [-0.3, -0.25) is 24.7 Å². The molecule has 9 nitrogen and oxygen atoms in total. The third-order valence-electron chi connectivity index (χ3n) is 7.63. The summed E-state index contributed by atoms with van der Waals surface area (Å²) >= 11 is 0. The standard InChI is InChI=1S/C33H34N6O3/c1-4-28-12-11-27(20-35-28)31(41)37-29-19-26(6-5-21(29)2)32(42)39-17-14-24(15-18-39)23-7-9-25(10-8-23)30(40)38-33-34-16-13-22(3)36-33/h5-13,16,19-20,24H,4,14-15,17-18H2,1-3H3,(H,37,41)(H,34,36,38,40). The van der Waals surface area contributed by atoms with Crippen molar-refractivity contribution in [2.24, 2.45) is 0 Å². The van der Waals surface area contributed by atoms with Gasteiger partial charge in [0.2, 0.25) is 5.95 Å². The lowest BCUT2D eigenvalue weighted by molar-refractivity contribution is 0.0712. The van der Waals surface area contributed by atoms with Crippen LogP contribution in [-0.2, 0) is 6.42 Å². The van der Waals surface area contributed by atoms with E-state index >= 15 is 0 Å². The molecule has 42 heavy (non-hydrogen) atoms. The molecule has 0 atom stereocenters. The van der Waals surface area contributed by atoms with Gasteiger partial charge >= 0.3 is 0 Å². The average molecular weight is 563 g/mol. The predicted octanol–water partition coefficient (Wildman–Crippen LogP) is 5.58. The Kier molecular flexibility index (Phi) is 8.66. The molecule has 0 aliphatic carbocycles. The maximum absolute atomic E-state index is 13.4. The Balaban J connectivity index is 1.17. The Morgan fingerprint density at radius 2 is 1.52 bits per heavy atom. The smallest absolute Gasteiger partial charge is 0.258 e. The SMILES string of the molecule is CCc1ccc(C(=O)Nc2cc(C(=O)N3CCC(c4ccc(C(=O)Nc5nccc(C)n5)cc4)CC3)ccc2C)cn1. The summed E-state index contributed by atoms with van der Waals surface area (Å²) in [4.78, 5) is 53.2. The third kappa shape index (κ3) is 6.68. The second-order valence-corrected chi connectivity index (χ2v) is 10.5. The normalized spacial score (nSPS) is 13.5. The summed E-state index contributed by atoms with van der Waals surface area (Å²) in [6.45, 7) is 7.01. The van der Waals surface area contributed by atoms with Crippen molar-refractivity contribution in [1.82, 2.24) is 19.9 Å². The molecule has 3 amide bonds. The average Bonchev–Trinajstić information content (AvgIpc) is 3.02. The number of rotatable bonds is 7. The molecule has 1 saturated heterocycles. The van der Waals surface area contributed by atoms with Crippen molar-refractivity contribution in [2.45, 2.75) is 46.0 Å². The number of carbonyl (C=O) groups is 3. The van der Waals surface area contributed by atoms with Crippen LogP contribution in [0.1, 0.15) is 79.3 Å². The minimum atomic E-state index is -0.259. The molecule has 1 aliphatic rings. The van der Waals surface area contributed by atoms with E-state index in [9.17, 15) is 14.4 Å². The fourth-order valence-corrected chi connectivity index (χ4v) is 5.04. The van der Waals surface area contributed by atoms with Gasteiger partial charge in [-0.2, -0.15) is 0 Å². The van der Waals surface area contributed by atoms with Gasteiger partial charge in [-0.1, -0.05) is 25.1 Å².